The van der Waals surface area contributed by atoms with Crippen LogP contribution in [0.3, 0.4) is 0 Å². The van der Waals surface area contributed by atoms with Crippen molar-refractivity contribution in [2.45, 2.75) is 82.2 Å². The van der Waals surface area contributed by atoms with Crippen LogP contribution in [0.1, 0.15) is 70.6 Å². The van der Waals surface area contributed by atoms with E-state index in [2.05, 4.69) is 16.7 Å². The van der Waals surface area contributed by atoms with Crippen molar-refractivity contribution in [1.82, 2.24) is 10.6 Å². The highest BCUT2D eigenvalue weighted by molar-refractivity contribution is 5.75. The van der Waals surface area contributed by atoms with E-state index in [-0.39, 0.29) is 6.03 Å². The van der Waals surface area contributed by atoms with Gasteiger partial charge in [-0.15, -0.1) is 0 Å². The van der Waals surface area contributed by atoms with Gasteiger partial charge in [0.1, 0.15) is 5.54 Å². The summed E-state index contributed by atoms with van der Waals surface area (Å²) >= 11 is 0. The summed E-state index contributed by atoms with van der Waals surface area (Å²) < 4.78 is 0. The number of nitrogens with zero attached hydrogens (tertiary/aromatic N) is 1. The molecule has 0 saturated heterocycles. The van der Waals surface area contributed by atoms with Crippen molar-refractivity contribution in [3.63, 3.8) is 0 Å². The van der Waals surface area contributed by atoms with Crippen LogP contribution in [0.5, 0.6) is 0 Å². The number of amides is 2. The number of nitrogens with one attached hydrogen (secondary N) is 2. The van der Waals surface area contributed by atoms with Crippen LogP contribution >= 0.6 is 0 Å². The Hall–Kier alpha value is -1.24. The maximum atomic E-state index is 12.1. The lowest BCUT2D eigenvalue weighted by Gasteiger charge is -2.30. The van der Waals surface area contributed by atoms with Gasteiger partial charge in [0.2, 0.25) is 0 Å². The molecule has 4 nitrogen and oxygen atoms in total. The van der Waals surface area contributed by atoms with Gasteiger partial charge in [0.05, 0.1) is 6.07 Å². The molecule has 2 aliphatic carbocycles. The molecule has 4 heteroatoms. The van der Waals surface area contributed by atoms with Crippen LogP contribution in [-0.4, -0.2) is 17.6 Å². The van der Waals surface area contributed by atoms with Crippen LogP contribution in [0, 0.1) is 11.3 Å². The number of nitriles is 1. The average molecular weight is 263 g/mol. The Bertz CT molecular complexity index is 334. The summed E-state index contributed by atoms with van der Waals surface area (Å²) in [5.41, 5.74) is -0.636. The van der Waals surface area contributed by atoms with Gasteiger partial charge in [0.25, 0.3) is 0 Å². The first-order valence-corrected chi connectivity index (χ1v) is 7.74. The smallest absolute Gasteiger partial charge is 0.316 e. The van der Waals surface area contributed by atoms with Gasteiger partial charge in [-0.2, -0.15) is 5.26 Å². The van der Waals surface area contributed by atoms with E-state index in [0.29, 0.717) is 6.04 Å². The lowest BCUT2D eigenvalue weighted by atomic mass is 9.85. The molecule has 0 aromatic rings. The van der Waals surface area contributed by atoms with Gasteiger partial charge in [-0.1, -0.05) is 44.9 Å². The van der Waals surface area contributed by atoms with Crippen molar-refractivity contribution in [3.8, 4) is 6.07 Å². The molecule has 2 saturated carbocycles. The maximum Gasteiger partial charge on any atom is 0.316 e. The van der Waals surface area contributed by atoms with Crippen molar-refractivity contribution >= 4 is 6.03 Å². The minimum atomic E-state index is -0.636. The summed E-state index contributed by atoms with van der Waals surface area (Å²) in [6.45, 7) is 0. The molecule has 2 aliphatic rings. The van der Waals surface area contributed by atoms with Gasteiger partial charge in [-0.25, -0.2) is 4.79 Å². The molecule has 2 rings (SSSR count). The Labute approximate surface area is 115 Å². The molecule has 0 aliphatic heterocycles. The predicted molar refractivity (Wildman–Crippen MR) is 74.6 cm³/mol. The van der Waals surface area contributed by atoms with Crippen molar-refractivity contribution < 1.29 is 4.79 Å². The molecular weight excluding hydrogens is 238 g/mol. The Morgan fingerprint density at radius 3 is 2.16 bits per heavy atom. The van der Waals surface area contributed by atoms with E-state index in [1.807, 2.05) is 0 Å². The number of hydrogen-bond acceptors (Lipinski definition) is 2. The molecule has 19 heavy (non-hydrogen) atoms. The van der Waals surface area contributed by atoms with E-state index in [0.717, 1.165) is 38.5 Å². The predicted octanol–water partition coefficient (Wildman–Crippen LogP) is 3.23. The fourth-order valence-corrected chi connectivity index (χ4v) is 3.28. The fourth-order valence-electron chi connectivity index (χ4n) is 3.28. The standard InChI is InChI=1S/C15H25N3O/c16-12-15(10-6-2-1-3-7-11-15)18-14(19)17-13-8-4-5-9-13/h13H,1-11H2,(H2,17,18,19). The molecule has 0 spiro atoms. The Kier molecular flexibility index (Phi) is 5.07. The second-order valence-electron chi connectivity index (χ2n) is 6.04. The molecule has 0 aromatic carbocycles. The monoisotopic (exact) mass is 263 g/mol. The minimum absolute atomic E-state index is 0.144. The van der Waals surface area contributed by atoms with Crippen LogP contribution in [-0.2, 0) is 0 Å². The lowest BCUT2D eigenvalue weighted by Crippen LogP contribution is -2.53. The first-order chi connectivity index (χ1) is 9.24. The van der Waals surface area contributed by atoms with Gasteiger partial charge >= 0.3 is 6.03 Å². The van der Waals surface area contributed by atoms with E-state index in [1.165, 1.54) is 32.1 Å². The Morgan fingerprint density at radius 2 is 1.58 bits per heavy atom. The van der Waals surface area contributed by atoms with Gasteiger partial charge in [0.15, 0.2) is 0 Å². The first kappa shape index (κ1) is 14.2. The molecule has 0 aromatic heterocycles. The third-order valence-corrected chi connectivity index (χ3v) is 4.46. The van der Waals surface area contributed by atoms with Gasteiger partial charge in [0, 0.05) is 6.04 Å². The Morgan fingerprint density at radius 1 is 1.00 bits per heavy atom. The van der Waals surface area contributed by atoms with E-state index < -0.39 is 5.54 Å². The van der Waals surface area contributed by atoms with E-state index >= 15 is 0 Å². The van der Waals surface area contributed by atoms with Crippen LogP contribution in [0.25, 0.3) is 0 Å². The van der Waals surface area contributed by atoms with E-state index in [4.69, 9.17) is 0 Å². The third-order valence-electron chi connectivity index (χ3n) is 4.46. The second-order valence-corrected chi connectivity index (χ2v) is 6.04. The highest BCUT2D eigenvalue weighted by atomic mass is 16.2. The molecule has 2 amide bonds. The molecule has 0 bridgehead atoms. The van der Waals surface area contributed by atoms with Crippen LogP contribution in [0.2, 0.25) is 0 Å². The zero-order valence-electron chi connectivity index (χ0n) is 11.7. The molecule has 0 atom stereocenters. The maximum absolute atomic E-state index is 12.1. The molecular formula is C15H25N3O. The van der Waals surface area contributed by atoms with Crippen molar-refractivity contribution in [1.29, 1.82) is 5.26 Å². The lowest BCUT2D eigenvalue weighted by molar-refractivity contribution is 0.221. The van der Waals surface area contributed by atoms with Crippen molar-refractivity contribution in [3.05, 3.63) is 0 Å². The van der Waals surface area contributed by atoms with Gasteiger partial charge < -0.3 is 10.6 Å². The molecule has 2 fully saturated rings. The number of carbonyl (C=O) groups is 1. The molecule has 0 radical (unpaired) electrons. The van der Waals surface area contributed by atoms with Gasteiger partial charge in [-0.3, -0.25) is 0 Å². The fraction of sp³-hybridized carbons (Fsp3) is 0.867. The van der Waals surface area contributed by atoms with Crippen molar-refractivity contribution in [2.75, 3.05) is 0 Å². The summed E-state index contributed by atoms with van der Waals surface area (Å²) in [6, 6.07) is 2.53. The van der Waals surface area contributed by atoms with E-state index in [1.54, 1.807) is 0 Å². The molecule has 0 unspecified atom stereocenters. The third kappa shape index (κ3) is 4.12. The normalized spacial score (nSPS) is 23.9. The zero-order chi connectivity index (χ0) is 13.6. The van der Waals surface area contributed by atoms with Gasteiger partial charge in [-0.05, 0) is 25.7 Å². The summed E-state index contributed by atoms with van der Waals surface area (Å²) in [7, 11) is 0. The molecule has 2 N–H and O–H groups in total. The average Bonchev–Trinajstić information content (AvgIpc) is 2.85. The number of carbonyl (C=O) groups excluding carboxylic acids is 1. The minimum Gasteiger partial charge on any atom is -0.335 e. The van der Waals surface area contributed by atoms with Crippen molar-refractivity contribution in [2.24, 2.45) is 0 Å². The van der Waals surface area contributed by atoms with Crippen LogP contribution < -0.4 is 10.6 Å². The molecule has 0 heterocycles. The largest absolute Gasteiger partial charge is 0.335 e. The first-order valence-electron chi connectivity index (χ1n) is 7.74. The number of hydrogen-bond donors (Lipinski definition) is 2. The summed E-state index contributed by atoms with van der Waals surface area (Å²) in [6.07, 6.45) is 11.8. The van der Waals surface area contributed by atoms with E-state index in [9.17, 15) is 10.1 Å². The Balaban J connectivity index is 1.88. The summed E-state index contributed by atoms with van der Waals surface area (Å²) in [4.78, 5) is 12.1. The summed E-state index contributed by atoms with van der Waals surface area (Å²) in [5.74, 6) is 0. The highest BCUT2D eigenvalue weighted by Crippen LogP contribution is 2.26. The molecule has 106 valence electrons. The quantitative estimate of drug-likeness (QED) is 0.803. The van der Waals surface area contributed by atoms with Crippen LogP contribution in [0.4, 0.5) is 4.79 Å². The number of urea groups is 1. The zero-order valence-corrected chi connectivity index (χ0v) is 11.7. The summed E-state index contributed by atoms with van der Waals surface area (Å²) in [5, 5.41) is 15.5. The second kappa shape index (κ2) is 6.79. The highest BCUT2D eigenvalue weighted by Gasteiger charge is 2.32. The topological polar surface area (TPSA) is 64.9 Å². The number of rotatable bonds is 2. The SMILES string of the molecule is N#CC1(NC(=O)NC2CCCC2)CCCCCCC1. The van der Waals surface area contributed by atoms with Crippen LogP contribution in [0.15, 0.2) is 0 Å².